The molecule has 0 atom stereocenters. The molecule has 180 valence electrons. The maximum absolute atomic E-state index is 12.7. The van der Waals surface area contributed by atoms with Gasteiger partial charge in [0, 0.05) is 10.9 Å². The van der Waals surface area contributed by atoms with Crippen LogP contribution >= 0.6 is 0 Å². The molecule has 0 bridgehead atoms. The summed E-state index contributed by atoms with van der Waals surface area (Å²) in [4.78, 5) is 17.1. The molecule has 0 aliphatic carbocycles. The average Bonchev–Trinajstić information content (AvgIpc) is 3.31. The number of hydrogen-bond donors (Lipinski definition) is 0. The number of methoxy groups -OCH3 is 1. The van der Waals surface area contributed by atoms with Gasteiger partial charge >= 0.3 is 12.1 Å². The second kappa shape index (κ2) is 8.19. The van der Waals surface area contributed by atoms with E-state index in [0.717, 1.165) is 11.1 Å². The fourth-order valence-electron chi connectivity index (χ4n) is 4.13. The van der Waals surface area contributed by atoms with Gasteiger partial charge in [-0.05, 0) is 43.7 Å². The summed E-state index contributed by atoms with van der Waals surface area (Å²) >= 11 is 0. The molecule has 0 fully saturated rings. The molecule has 3 aromatic heterocycles. The maximum Gasteiger partial charge on any atom is 0.573 e. The Bertz CT molecular complexity index is 1600. The van der Waals surface area contributed by atoms with E-state index < -0.39 is 12.1 Å². The first-order valence-corrected chi connectivity index (χ1v) is 10.4. The van der Waals surface area contributed by atoms with Crippen LogP contribution in [-0.4, -0.2) is 28.2 Å². The van der Waals surface area contributed by atoms with Gasteiger partial charge in [0.2, 0.25) is 0 Å². The zero-order valence-corrected chi connectivity index (χ0v) is 18.8. The minimum absolute atomic E-state index is 0.0607. The van der Waals surface area contributed by atoms with Gasteiger partial charge in [0.1, 0.15) is 22.8 Å². The zero-order valence-electron chi connectivity index (χ0n) is 18.8. The van der Waals surface area contributed by atoms with Crippen molar-refractivity contribution < 1.29 is 31.6 Å². The quantitative estimate of drug-likeness (QED) is 0.330. The van der Waals surface area contributed by atoms with Crippen LogP contribution in [0.5, 0.6) is 11.5 Å². The van der Waals surface area contributed by atoms with Gasteiger partial charge in [-0.3, -0.25) is 9.55 Å². The molecular formula is C24H18F3N3O5. The topological polar surface area (TPSA) is 92.5 Å². The number of halogens is 3. The number of benzene rings is 2. The molecule has 35 heavy (non-hydrogen) atoms. The molecule has 0 saturated carbocycles. The summed E-state index contributed by atoms with van der Waals surface area (Å²) in [6.45, 7) is 3.68. The molecule has 0 radical (unpaired) electrons. The summed E-state index contributed by atoms with van der Waals surface area (Å²) in [5.74, 6) is 0.171. The van der Waals surface area contributed by atoms with Gasteiger partial charge in [0.05, 0.1) is 36.6 Å². The van der Waals surface area contributed by atoms with Crippen molar-refractivity contribution in [1.82, 2.24) is 14.7 Å². The molecule has 0 saturated heterocycles. The van der Waals surface area contributed by atoms with E-state index in [2.05, 4.69) is 14.9 Å². The monoisotopic (exact) mass is 485 g/mol. The predicted octanol–water partition coefficient (Wildman–Crippen LogP) is 5.37. The summed E-state index contributed by atoms with van der Waals surface area (Å²) < 4.78 is 59.0. The molecular weight excluding hydrogens is 467 g/mol. The number of aryl methyl sites for hydroxylation is 2. The number of aromatic nitrogens is 3. The third-order valence-electron chi connectivity index (χ3n) is 5.62. The lowest BCUT2D eigenvalue weighted by molar-refractivity contribution is -0.274. The molecule has 0 unspecified atom stereocenters. The van der Waals surface area contributed by atoms with Gasteiger partial charge in [-0.25, -0.2) is 4.79 Å². The molecule has 2 aromatic carbocycles. The van der Waals surface area contributed by atoms with Crippen molar-refractivity contribution >= 4 is 22.0 Å². The van der Waals surface area contributed by atoms with Crippen LogP contribution in [0.3, 0.4) is 0 Å². The first-order valence-electron chi connectivity index (χ1n) is 10.4. The number of fused-ring (bicyclic) bond motifs is 3. The lowest BCUT2D eigenvalue weighted by Crippen LogP contribution is -2.17. The molecule has 0 amide bonds. The molecule has 11 heteroatoms. The van der Waals surface area contributed by atoms with Crippen molar-refractivity contribution in [2.75, 3.05) is 7.11 Å². The van der Waals surface area contributed by atoms with E-state index in [4.69, 9.17) is 13.7 Å². The summed E-state index contributed by atoms with van der Waals surface area (Å²) in [7, 11) is 1.53. The Kier molecular flexibility index (Phi) is 5.27. The number of ether oxygens (including phenoxy) is 2. The smallest absolute Gasteiger partial charge is 0.496 e. The van der Waals surface area contributed by atoms with Crippen LogP contribution in [0.25, 0.3) is 33.1 Å². The lowest BCUT2D eigenvalue weighted by atomic mass is 10.0. The van der Waals surface area contributed by atoms with Crippen molar-refractivity contribution in [3.8, 4) is 22.6 Å². The van der Waals surface area contributed by atoms with Crippen LogP contribution in [0, 0.1) is 13.8 Å². The molecule has 5 rings (SSSR count). The minimum Gasteiger partial charge on any atom is -0.496 e. The third-order valence-corrected chi connectivity index (χ3v) is 5.62. The van der Waals surface area contributed by atoms with Crippen molar-refractivity contribution in [3.05, 3.63) is 70.2 Å². The van der Waals surface area contributed by atoms with E-state index in [-0.39, 0.29) is 17.9 Å². The Hall–Kier alpha value is -4.28. The SMILES string of the molecule is COc1cc2c(cc1-c1c(C)noc1C)ncc1oc(=O)n(Cc3ccc(OC(F)(F)F)cc3)c12. The second-order valence-electron chi connectivity index (χ2n) is 7.89. The summed E-state index contributed by atoms with van der Waals surface area (Å²) in [6.07, 6.45) is -3.33. The standard InChI is InChI=1S/C24H18F3N3O5/c1-12-21(13(2)35-29-12)17-8-18-16(9-19(17)32-3)22-20(10-28-18)33-23(31)30(22)11-14-4-6-15(7-5-14)34-24(25,26)27/h4-10H,11H2,1-3H3. The van der Waals surface area contributed by atoms with E-state index >= 15 is 0 Å². The van der Waals surface area contributed by atoms with Crippen LogP contribution in [0.15, 0.2) is 56.3 Å². The van der Waals surface area contributed by atoms with Gasteiger partial charge in [-0.2, -0.15) is 0 Å². The number of hydrogen-bond acceptors (Lipinski definition) is 7. The fraction of sp³-hybridized carbons (Fsp3) is 0.208. The molecule has 5 aromatic rings. The first kappa shape index (κ1) is 22.5. The Labute approximate surface area is 195 Å². The third kappa shape index (κ3) is 4.09. The van der Waals surface area contributed by atoms with Gasteiger partial charge in [0.15, 0.2) is 5.58 Å². The van der Waals surface area contributed by atoms with E-state index in [1.54, 1.807) is 13.0 Å². The largest absolute Gasteiger partial charge is 0.573 e. The van der Waals surface area contributed by atoms with Gasteiger partial charge in [0.25, 0.3) is 0 Å². The Morgan fingerprint density at radius 2 is 1.86 bits per heavy atom. The molecule has 0 spiro atoms. The molecule has 3 heterocycles. The van der Waals surface area contributed by atoms with Crippen molar-refractivity contribution in [3.63, 3.8) is 0 Å². The zero-order chi connectivity index (χ0) is 24.9. The lowest BCUT2D eigenvalue weighted by Gasteiger charge is -2.12. The predicted molar refractivity (Wildman–Crippen MR) is 120 cm³/mol. The van der Waals surface area contributed by atoms with E-state index in [0.29, 0.717) is 39.2 Å². The molecule has 0 aliphatic heterocycles. The molecule has 8 nitrogen and oxygen atoms in total. The highest BCUT2D eigenvalue weighted by Gasteiger charge is 2.31. The number of oxazole rings is 1. The summed E-state index contributed by atoms with van der Waals surface area (Å²) in [6, 6.07) is 8.87. The van der Waals surface area contributed by atoms with E-state index in [9.17, 15) is 18.0 Å². The highest BCUT2D eigenvalue weighted by molar-refractivity contribution is 6.04. The van der Waals surface area contributed by atoms with Crippen molar-refractivity contribution in [2.24, 2.45) is 0 Å². The Morgan fingerprint density at radius 3 is 2.49 bits per heavy atom. The van der Waals surface area contributed by atoms with Crippen molar-refractivity contribution in [1.29, 1.82) is 0 Å². The second-order valence-corrected chi connectivity index (χ2v) is 7.89. The Morgan fingerprint density at radius 1 is 1.11 bits per heavy atom. The highest BCUT2D eigenvalue weighted by Crippen LogP contribution is 2.38. The van der Waals surface area contributed by atoms with Crippen LogP contribution in [0.2, 0.25) is 0 Å². The number of rotatable bonds is 5. The summed E-state index contributed by atoms with van der Waals surface area (Å²) in [5, 5.41) is 4.61. The van der Waals surface area contributed by atoms with E-state index in [1.807, 2.05) is 13.0 Å². The van der Waals surface area contributed by atoms with Crippen molar-refractivity contribution in [2.45, 2.75) is 26.8 Å². The van der Waals surface area contributed by atoms with Crippen LogP contribution < -0.4 is 15.2 Å². The van der Waals surface area contributed by atoms with Gasteiger partial charge < -0.3 is 18.4 Å². The van der Waals surface area contributed by atoms with Gasteiger partial charge in [-0.1, -0.05) is 17.3 Å². The number of nitrogens with zero attached hydrogens (tertiary/aromatic N) is 3. The normalized spacial score (nSPS) is 11.9. The summed E-state index contributed by atoms with van der Waals surface area (Å²) in [5.41, 5.74) is 4.13. The van der Waals surface area contributed by atoms with Crippen LogP contribution in [0.4, 0.5) is 13.2 Å². The number of pyridine rings is 1. The first-order chi connectivity index (χ1) is 16.6. The minimum atomic E-state index is -4.79. The van der Waals surface area contributed by atoms with Crippen LogP contribution in [-0.2, 0) is 6.54 Å². The fourth-order valence-corrected chi connectivity index (χ4v) is 4.13. The highest BCUT2D eigenvalue weighted by atomic mass is 19.4. The van der Waals surface area contributed by atoms with Gasteiger partial charge in [-0.15, -0.1) is 13.2 Å². The van der Waals surface area contributed by atoms with E-state index in [1.165, 1.54) is 42.1 Å². The maximum atomic E-state index is 12.7. The number of alkyl halides is 3. The Balaban J connectivity index is 1.63. The molecule has 0 aliphatic rings. The molecule has 0 N–H and O–H groups in total. The van der Waals surface area contributed by atoms with Crippen LogP contribution in [0.1, 0.15) is 17.0 Å². The average molecular weight is 485 g/mol.